The predicted octanol–water partition coefficient (Wildman–Crippen LogP) is -0.538. The molecule has 25 heteroatoms. The fourth-order valence-electron chi connectivity index (χ4n) is 5.69. The van der Waals surface area contributed by atoms with Crippen molar-refractivity contribution in [2.45, 2.75) is 43.0 Å². The molecular formula is C21H26BFN10O10P2S. The standard InChI is InChI=1S/C21H26BFN10O10P2S/c22-44(36)38-2-8-7(1-34)13(20(40-8)33-6-29-12-17(33)30-21(25)31-18(12)35)43-45(37,46)39-3-9-14(42-44)10(23)19(41-9)32-5-28-11-15(24)26-4-27-16(11)32/h4-10,13-14,19-20,34H,1-3,22H2,(H,37,46)(H2,24,26,27)(H3,25,30,31,35)/t7?,8?,9?,10?,13?,14?,19?,20?,44-,45-/m1/s1. The maximum Gasteiger partial charge on any atom is 0.386 e. The molecule has 3 aliphatic rings. The number of ether oxygens (including phenoxy) is 2. The number of nitrogens with zero attached hydrogens (tertiary/aromatic N) is 7. The Balaban J connectivity index is 1.22. The van der Waals surface area contributed by atoms with E-state index < -0.39 is 88.6 Å². The minimum absolute atomic E-state index is 0.0000779. The van der Waals surface area contributed by atoms with Gasteiger partial charge in [0, 0.05) is 5.92 Å². The molecule has 0 amide bonds. The van der Waals surface area contributed by atoms with Crippen LogP contribution < -0.4 is 17.0 Å². The van der Waals surface area contributed by atoms with Crippen LogP contribution in [0.4, 0.5) is 16.2 Å². The number of aliphatic hydroxyl groups excluding tert-OH is 1. The Labute approximate surface area is 262 Å². The number of thiol groups is 1. The van der Waals surface area contributed by atoms with Crippen molar-refractivity contribution in [2.24, 2.45) is 5.92 Å². The molecule has 7 heterocycles. The number of fused-ring (bicyclic) bond motifs is 5. The van der Waals surface area contributed by atoms with Crippen LogP contribution in [-0.2, 0) is 36.7 Å². The molecule has 0 radical (unpaired) electrons. The minimum atomic E-state index is -4.36. The van der Waals surface area contributed by atoms with E-state index >= 15 is 4.39 Å². The molecule has 4 aromatic heterocycles. The predicted molar refractivity (Wildman–Crippen MR) is 160 cm³/mol. The Morgan fingerprint density at radius 2 is 1.70 bits per heavy atom. The lowest BCUT2D eigenvalue weighted by Gasteiger charge is -2.27. The highest BCUT2D eigenvalue weighted by atomic mass is 32.7. The Morgan fingerprint density at radius 1 is 1.00 bits per heavy atom. The van der Waals surface area contributed by atoms with E-state index in [0.29, 0.717) is 0 Å². The van der Waals surface area contributed by atoms with Gasteiger partial charge in [0.15, 0.2) is 41.3 Å². The number of aliphatic hydroxyl groups is 1. The first kappa shape index (κ1) is 31.6. The van der Waals surface area contributed by atoms with Crippen LogP contribution in [0, 0.1) is 5.92 Å². The zero-order valence-electron chi connectivity index (χ0n) is 23.6. The number of nitrogen functional groups attached to an aromatic ring is 2. The van der Waals surface area contributed by atoms with Crippen molar-refractivity contribution in [1.29, 1.82) is 0 Å². The molecule has 2 bridgehead atoms. The molecule has 0 aliphatic carbocycles. The third kappa shape index (κ3) is 5.53. The first-order valence-electron chi connectivity index (χ1n) is 13.6. The quantitative estimate of drug-likeness (QED) is 0.102. The maximum atomic E-state index is 16.1. The first-order valence-corrected chi connectivity index (χ1v) is 18.3. The van der Waals surface area contributed by atoms with E-state index in [1.165, 1.54) is 28.1 Å². The van der Waals surface area contributed by atoms with Crippen LogP contribution in [0.15, 0.2) is 23.8 Å². The maximum absolute atomic E-state index is 16.1. The normalized spacial score (nSPS) is 37.1. The highest BCUT2D eigenvalue weighted by molar-refractivity contribution is 8.44. The van der Waals surface area contributed by atoms with Gasteiger partial charge in [0.05, 0.1) is 38.6 Å². The summed E-state index contributed by atoms with van der Waals surface area (Å²) < 4.78 is 80.7. The van der Waals surface area contributed by atoms with Gasteiger partial charge in [0.25, 0.3) is 20.6 Å². The number of nitrogens with one attached hydrogen (secondary N) is 1. The van der Waals surface area contributed by atoms with Crippen LogP contribution in [0.1, 0.15) is 12.5 Å². The average Bonchev–Trinajstić information content (AvgIpc) is 3.75. The lowest BCUT2D eigenvalue weighted by Crippen LogP contribution is -2.34. The second-order valence-corrected chi connectivity index (χ2v) is 15.6. The molecular weight excluding hydrogens is 676 g/mol. The molecule has 0 aromatic carbocycles. The van der Waals surface area contributed by atoms with Gasteiger partial charge in [-0.15, -0.1) is 0 Å². The van der Waals surface area contributed by atoms with Crippen LogP contribution in [0.2, 0.25) is 0 Å². The van der Waals surface area contributed by atoms with Gasteiger partial charge < -0.3 is 35.1 Å². The van der Waals surface area contributed by atoms with Crippen LogP contribution in [0.25, 0.3) is 22.3 Å². The summed E-state index contributed by atoms with van der Waals surface area (Å²) in [6, 6.07) is 0. The summed E-state index contributed by atoms with van der Waals surface area (Å²) in [4.78, 5) is 35.0. The summed E-state index contributed by atoms with van der Waals surface area (Å²) in [5.74, 6) is -1.12. The van der Waals surface area contributed by atoms with Gasteiger partial charge in [0.2, 0.25) is 5.95 Å². The van der Waals surface area contributed by atoms with Crippen molar-refractivity contribution in [3.05, 3.63) is 29.3 Å². The number of anilines is 2. The Hall–Kier alpha value is -2.98. The Bertz CT molecular complexity index is 1970. The van der Waals surface area contributed by atoms with E-state index in [4.69, 9.17) is 39.0 Å². The van der Waals surface area contributed by atoms with Crippen LogP contribution in [0.5, 0.6) is 0 Å². The molecule has 6 N–H and O–H groups in total. The number of rotatable bonds is 3. The molecule has 3 saturated heterocycles. The largest absolute Gasteiger partial charge is 0.396 e. The molecule has 20 nitrogen and oxygen atoms in total. The van der Waals surface area contributed by atoms with Gasteiger partial charge in [-0.05, 0) is 0 Å². The monoisotopic (exact) mass is 702 g/mol. The van der Waals surface area contributed by atoms with Crippen molar-refractivity contribution in [2.75, 3.05) is 31.3 Å². The van der Waals surface area contributed by atoms with E-state index in [2.05, 4.69) is 42.2 Å². The summed E-state index contributed by atoms with van der Waals surface area (Å²) >= 11 is 4.13. The first-order chi connectivity index (χ1) is 21.9. The topological polar surface area (TPSA) is 269 Å². The smallest absolute Gasteiger partial charge is 0.386 e. The second-order valence-electron chi connectivity index (χ2n) is 10.8. The van der Waals surface area contributed by atoms with Gasteiger partial charge in [-0.3, -0.25) is 32.5 Å². The minimum Gasteiger partial charge on any atom is -0.396 e. The van der Waals surface area contributed by atoms with Gasteiger partial charge >= 0.3 is 6.80 Å². The van der Waals surface area contributed by atoms with Crippen molar-refractivity contribution >= 4 is 68.2 Å². The summed E-state index contributed by atoms with van der Waals surface area (Å²) in [7, 11) is -2.95. The van der Waals surface area contributed by atoms with Gasteiger partial charge in [-0.1, -0.05) is 12.2 Å². The number of halogens is 1. The van der Waals surface area contributed by atoms with E-state index in [9.17, 15) is 19.0 Å². The van der Waals surface area contributed by atoms with E-state index in [-0.39, 0.29) is 34.1 Å². The molecule has 8 unspecified atom stereocenters. The Kier molecular flexibility index (Phi) is 7.99. The number of H-pyrrole nitrogens is 1. The third-order valence-electron chi connectivity index (χ3n) is 7.80. The van der Waals surface area contributed by atoms with Crippen molar-refractivity contribution in [3.8, 4) is 0 Å². The summed E-state index contributed by atoms with van der Waals surface area (Å²) in [6.45, 7) is -6.01. The van der Waals surface area contributed by atoms with Gasteiger partial charge in [-0.25, -0.2) is 28.9 Å². The van der Waals surface area contributed by atoms with E-state index in [1.54, 1.807) is 0 Å². The summed E-state index contributed by atoms with van der Waals surface area (Å²) in [6.07, 6.45) is -6.18. The molecule has 246 valence electrons. The molecule has 10 atom stereocenters. The molecule has 3 aliphatic heterocycles. The lowest BCUT2D eigenvalue weighted by molar-refractivity contribution is -0.0565. The van der Waals surface area contributed by atoms with Gasteiger partial charge in [-0.2, -0.15) is 4.98 Å². The summed E-state index contributed by atoms with van der Waals surface area (Å²) in [5.41, 5.74) is 11.3. The van der Waals surface area contributed by atoms with Crippen LogP contribution in [0.3, 0.4) is 0 Å². The Morgan fingerprint density at radius 3 is 2.46 bits per heavy atom. The van der Waals surface area contributed by atoms with Crippen LogP contribution >= 0.6 is 26.5 Å². The van der Waals surface area contributed by atoms with Crippen molar-refractivity contribution < 1.29 is 46.2 Å². The number of nitrogens with two attached hydrogens (primary N) is 2. The number of imidazole rings is 2. The average molecular weight is 702 g/mol. The highest BCUT2D eigenvalue weighted by Crippen LogP contribution is 2.59. The number of aromatic amines is 1. The zero-order valence-corrected chi connectivity index (χ0v) is 26.3. The fraction of sp³-hybridized carbons (Fsp3) is 0.524. The van der Waals surface area contributed by atoms with Crippen LogP contribution in [-0.4, -0.2) is 102 Å². The molecule has 0 spiro atoms. The molecule has 46 heavy (non-hydrogen) atoms. The summed E-state index contributed by atoms with van der Waals surface area (Å²) in [5, 5.41) is 10.3. The number of aromatic nitrogens is 8. The van der Waals surface area contributed by atoms with Crippen molar-refractivity contribution in [1.82, 2.24) is 39.0 Å². The fourth-order valence-corrected chi connectivity index (χ4v) is 8.36. The SMILES string of the molecule is B[P@@]1(=O)OCC2OC(n3cnc4c(=O)[nH]c(N)nc43)C(O[P@](=O)(S)OCC3OC(n4cnc5c(N)ncnc54)C(F)C3O1)C2CO. The molecule has 7 rings (SSSR count). The lowest BCUT2D eigenvalue weighted by atomic mass is 9.99. The third-order valence-corrected chi connectivity index (χ3v) is 10.7. The highest BCUT2D eigenvalue weighted by Gasteiger charge is 2.53. The van der Waals surface area contributed by atoms with E-state index in [0.717, 1.165) is 7.57 Å². The second kappa shape index (κ2) is 11.6. The molecule has 3 fully saturated rings. The number of hydrogen-bond donors (Lipinski definition) is 5. The van der Waals surface area contributed by atoms with Gasteiger partial charge in [0.1, 0.15) is 30.2 Å². The van der Waals surface area contributed by atoms with Crippen molar-refractivity contribution in [3.63, 3.8) is 0 Å². The van der Waals surface area contributed by atoms with E-state index in [1.807, 2.05) is 0 Å². The molecule has 4 aromatic rings. The number of alkyl halides is 1. The molecule has 0 saturated carbocycles. The zero-order chi connectivity index (χ0) is 32.5. The number of hydrogen-bond acceptors (Lipinski definition) is 17.